The molecule has 0 radical (unpaired) electrons. The summed E-state index contributed by atoms with van der Waals surface area (Å²) in [5, 5.41) is 10.8. The van der Waals surface area contributed by atoms with Crippen molar-refractivity contribution in [3.63, 3.8) is 0 Å². The lowest BCUT2D eigenvalue weighted by atomic mass is 10.0. The normalized spacial score (nSPS) is 17.0. The van der Waals surface area contributed by atoms with Crippen LogP contribution in [0, 0.1) is 6.92 Å². The van der Waals surface area contributed by atoms with Gasteiger partial charge in [-0.05, 0) is 32.3 Å². The molecule has 1 fully saturated rings. The average molecular weight is 362 g/mol. The number of H-pyrrole nitrogens is 1. The maximum atomic E-state index is 11.9. The van der Waals surface area contributed by atoms with Gasteiger partial charge in [-0.15, -0.1) is 0 Å². The van der Waals surface area contributed by atoms with Gasteiger partial charge >= 0.3 is 0 Å². The fourth-order valence-electron chi connectivity index (χ4n) is 3.19. The molecule has 0 amide bonds. The molecule has 1 saturated heterocycles. The molecule has 0 unspecified atom stereocenters. The van der Waals surface area contributed by atoms with Gasteiger partial charge in [0, 0.05) is 31.2 Å². The van der Waals surface area contributed by atoms with Gasteiger partial charge in [0.2, 0.25) is 10.0 Å². The highest BCUT2D eigenvalue weighted by Gasteiger charge is 2.26. The van der Waals surface area contributed by atoms with Gasteiger partial charge in [0.05, 0.1) is 17.6 Å². The standard InChI is InChI=1S/C18H26N4O2S/c1-3-25(23,24)22-10-8-17(9-11-22)19-12-16-13-20-21-18(16)15-6-4-14(2)5-7-15/h4-7,13,17,19H,3,8-12H2,1-2H3,(H,20,21). The number of aryl methyl sites for hydroxylation is 1. The highest BCUT2D eigenvalue weighted by molar-refractivity contribution is 7.89. The summed E-state index contributed by atoms with van der Waals surface area (Å²) < 4.78 is 25.5. The Balaban J connectivity index is 1.57. The third-order valence-electron chi connectivity index (χ3n) is 4.85. The van der Waals surface area contributed by atoms with Gasteiger partial charge in [0.15, 0.2) is 0 Å². The van der Waals surface area contributed by atoms with Crippen LogP contribution in [0.15, 0.2) is 30.5 Å². The predicted molar refractivity (Wildman–Crippen MR) is 99.7 cm³/mol. The summed E-state index contributed by atoms with van der Waals surface area (Å²) in [6.07, 6.45) is 3.55. The van der Waals surface area contributed by atoms with Gasteiger partial charge in [-0.2, -0.15) is 5.10 Å². The van der Waals surface area contributed by atoms with Crippen LogP contribution in [0.1, 0.15) is 30.9 Å². The van der Waals surface area contributed by atoms with E-state index in [0.717, 1.165) is 36.2 Å². The summed E-state index contributed by atoms with van der Waals surface area (Å²) in [7, 11) is -3.06. The van der Waals surface area contributed by atoms with E-state index in [1.54, 1.807) is 11.2 Å². The quantitative estimate of drug-likeness (QED) is 0.826. The smallest absolute Gasteiger partial charge is 0.213 e. The van der Waals surface area contributed by atoms with Crippen molar-refractivity contribution >= 4 is 10.0 Å². The molecule has 1 aromatic carbocycles. The van der Waals surface area contributed by atoms with Gasteiger partial charge in [0.1, 0.15) is 0 Å². The molecule has 6 nitrogen and oxygen atoms in total. The van der Waals surface area contributed by atoms with Crippen molar-refractivity contribution in [2.75, 3.05) is 18.8 Å². The van der Waals surface area contributed by atoms with Crippen LogP contribution in [-0.4, -0.2) is 47.8 Å². The molecule has 0 aliphatic carbocycles. The first-order valence-corrected chi connectivity index (χ1v) is 10.4. The lowest BCUT2D eigenvalue weighted by molar-refractivity contribution is 0.289. The van der Waals surface area contributed by atoms with Gasteiger partial charge in [0.25, 0.3) is 0 Å². The molecule has 2 N–H and O–H groups in total. The molecular weight excluding hydrogens is 336 g/mol. The summed E-state index contributed by atoms with van der Waals surface area (Å²) in [5.41, 5.74) is 4.53. The SMILES string of the molecule is CCS(=O)(=O)N1CCC(NCc2cn[nH]c2-c2ccc(C)cc2)CC1. The van der Waals surface area contributed by atoms with E-state index >= 15 is 0 Å². The van der Waals surface area contributed by atoms with Gasteiger partial charge in [-0.1, -0.05) is 29.8 Å². The van der Waals surface area contributed by atoms with E-state index in [4.69, 9.17) is 0 Å². The van der Waals surface area contributed by atoms with Crippen molar-refractivity contribution in [2.45, 2.75) is 39.3 Å². The van der Waals surface area contributed by atoms with Crippen LogP contribution in [0.2, 0.25) is 0 Å². The molecule has 7 heteroatoms. The van der Waals surface area contributed by atoms with Crippen molar-refractivity contribution in [3.05, 3.63) is 41.6 Å². The van der Waals surface area contributed by atoms with Crippen molar-refractivity contribution in [1.82, 2.24) is 19.8 Å². The Hall–Kier alpha value is -1.70. The number of rotatable bonds is 6. The zero-order valence-corrected chi connectivity index (χ0v) is 15.6. The average Bonchev–Trinajstić information content (AvgIpc) is 3.09. The fourth-order valence-corrected chi connectivity index (χ4v) is 4.32. The summed E-state index contributed by atoms with van der Waals surface area (Å²) in [6.45, 7) is 5.70. The van der Waals surface area contributed by atoms with Crippen LogP contribution in [0.3, 0.4) is 0 Å². The minimum atomic E-state index is -3.06. The molecule has 1 aliphatic heterocycles. The Morgan fingerprint density at radius 3 is 2.56 bits per heavy atom. The molecular formula is C18H26N4O2S. The monoisotopic (exact) mass is 362 g/mol. The molecule has 2 aromatic rings. The van der Waals surface area contributed by atoms with Crippen LogP contribution < -0.4 is 5.32 Å². The Labute approximate surface area is 149 Å². The number of sulfonamides is 1. The van der Waals surface area contributed by atoms with Crippen LogP contribution in [-0.2, 0) is 16.6 Å². The van der Waals surface area contributed by atoms with E-state index in [2.05, 4.69) is 46.7 Å². The molecule has 0 spiro atoms. The molecule has 2 heterocycles. The number of aromatic amines is 1. The zero-order valence-electron chi connectivity index (χ0n) is 14.8. The van der Waals surface area contributed by atoms with E-state index in [1.807, 2.05) is 6.20 Å². The summed E-state index contributed by atoms with van der Waals surface area (Å²) >= 11 is 0. The van der Waals surface area contributed by atoms with Crippen LogP contribution in [0.4, 0.5) is 0 Å². The molecule has 0 saturated carbocycles. The highest BCUT2D eigenvalue weighted by atomic mass is 32.2. The summed E-state index contributed by atoms with van der Waals surface area (Å²) in [5.74, 6) is 0.181. The second-order valence-corrected chi connectivity index (χ2v) is 8.85. The Morgan fingerprint density at radius 1 is 1.24 bits per heavy atom. The van der Waals surface area contributed by atoms with Crippen LogP contribution in [0.5, 0.6) is 0 Å². The Bertz CT molecular complexity index is 791. The number of hydrogen-bond acceptors (Lipinski definition) is 4. The summed E-state index contributed by atoms with van der Waals surface area (Å²) in [6, 6.07) is 8.72. The molecule has 1 aromatic heterocycles. The number of benzene rings is 1. The molecule has 0 bridgehead atoms. The molecule has 0 atom stereocenters. The molecule has 1 aliphatic rings. The second-order valence-electron chi connectivity index (χ2n) is 6.59. The first-order chi connectivity index (χ1) is 12.0. The van der Waals surface area contributed by atoms with Crippen LogP contribution in [0.25, 0.3) is 11.3 Å². The number of piperidine rings is 1. The van der Waals surface area contributed by atoms with Gasteiger partial charge in [-0.25, -0.2) is 12.7 Å². The Kier molecular flexibility index (Phi) is 5.56. The number of hydrogen-bond donors (Lipinski definition) is 2. The van der Waals surface area contributed by atoms with Gasteiger partial charge < -0.3 is 5.32 Å². The number of nitrogens with one attached hydrogen (secondary N) is 2. The van der Waals surface area contributed by atoms with Crippen LogP contribution >= 0.6 is 0 Å². The summed E-state index contributed by atoms with van der Waals surface area (Å²) in [4.78, 5) is 0. The first kappa shape index (κ1) is 18.1. The topological polar surface area (TPSA) is 78.1 Å². The largest absolute Gasteiger partial charge is 0.310 e. The van der Waals surface area contributed by atoms with E-state index in [1.165, 1.54) is 5.56 Å². The minimum absolute atomic E-state index is 0.181. The third-order valence-corrected chi connectivity index (χ3v) is 6.73. The lowest BCUT2D eigenvalue weighted by Crippen LogP contribution is -2.45. The third kappa shape index (κ3) is 4.29. The first-order valence-electron chi connectivity index (χ1n) is 8.80. The van der Waals surface area contributed by atoms with E-state index < -0.39 is 10.0 Å². The zero-order chi connectivity index (χ0) is 17.9. The number of nitrogens with zero attached hydrogens (tertiary/aromatic N) is 2. The fraction of sp³-hybridized carbons (Fsp3) is 0.500. The maximum Gasteiger partial charge on any atom is 0.213 e. The van der Waals surface area contributed by atoms with E-state index in [0.29, 0.717) is 19.1 Å². The van der Waals surface area contributed by atoms with Crippen molar-refractivity contribution < 1.29 is 8.42 Å². The number of aromatic nitrogens is 2. The van der Waals surface area contributed by atoms with Crippen molar-refractivity contribution in [3.8, 4) is 11.3 Å². The molecule has 136 valence electrons. The van der Waals surface area contributed by atoms with Crippen molar-refractivity contribution in [2.24, 2.45) is 0 Å². The maximum absolute atomic E-state index is 11.9. The van der Waals surface area contributed by atoms with Crippen molar-refractivity contribution in [1.29, 1.82) is 0 Å². The highest BCUT2D eigenvalue weighted by Crippen LogP contribution is 2.22. The van der Waals surface area contributed by atoms with E-state index in [-0.39, 0.29) is 5.75 Å². The van der Waals surface area contributed by atoms with Gasteiger partial charge in [-0.3, -0.25) is 5.10 Å². The molecule has 3 rings (SSSR count). The molecule has 25 heavy (non-hydrogen) atoms. The Morgan fingerprint density at radius 2 is 1.92 bits per heavy atom. The predicted octanol–water partition coefficient (Wildman–Crippen LogP) is 2.29. The second kappa shape index (κ2) is 7.68. The minimum Gasteiger partial charge on any atom is -0.310 e. The lowest BCUT2D eigenvalue weighted by Gasteiger charge is -2.31. The van der Waals surface area contributed by atoms with E-state index in [9.17, 15) is 8.42 Å².